The Morgan fingerprint density at radius 1 is 1.07 bits per heavy atom. The van der Waals surface area contributed by atoms with Crippen molar-refractivity contribution >= 4 is 11.9 Å². The molecule has 5 heteroatoms. The van der Waals surface area contributed by atoms with Crippen molar-refractivity contribution in [2.75, 3.05) is 13.2 Å². The van der Waals surface area contributed by atoms with Crippen molar-refractivity contribution in [2.45, 2.75) is 43.9 Å². The molecule has 0 spiro atoms. The average Bonchev–Trinajstić information content (AvgIpc) is 3.22. The van der Waals surface area contributed by atoms with Crippen molar-refractivity contribution in [2.24, 2.45) is 0 Å². The summed E-state index contributed by atoms with van der Waals surface area (Å²) in [5, 5.41) is 2.80. The molecule has 1 aliphatic carbocycles. The first-order valence-corrected chi connectivity index (χ1v) is 9.77. The first-order valence-electron chi connectivity index (χ1n) is 9.77. The summed E-state index contributed by atoms with van der Waals surface area (Å²) >= 11 is 0. The van der Waals surface area contributed by atoms with E-state index in [0.29, 0.717) is 24.9 Å². The molecule has 0 heterocycles. The van der Waals surface area contributed by atoms with Crippen LogP contribution in [0.1, 0.15) is 49.7 Å². The number of ether oxygens (including phenoxy) is 1. The molecule has 2 aromatic carbocycles. The molecule has 3 rings (SSSR count). The van der Waals surface area contributed by atoms with Crippen molar-refractivity contribution in [1.82, 2.24) is 5.32 Å². The van der Waals surface area contributed by atoms with Gasteiger partial charge in [0.2, 0.25) is 0 Å². The predicted molar refractivity (Wildman–Crippen MR) is 105 cm³/mol. The summed E-state index contributed by atoms with van der Waals surface area (Å²) in [6.45, 7) is 2.13. The van der Waals surface area contributed by atoms with Gasteiger partial charge in [-0.15, -0.1) is 0 Å². The maximum atomic E-state index is 14.3. The zero-order chi connectivity index (χ0) is 20.0. The fourth-order valence-electron chi connectivity index (χ4n) is 3.90. The van der Waals surface area contributed by atoms with Gasteiger partial charge in [-0.1, -0.05) is 68.3 Å². The van der Waals surface area contributed by atoms with E-state index >= 15 is 0 Å². The van der Waals surface area contributed by atoms with Gasteiger partial charge in [0.15, 0.2) is 6.61 Å². The molecule has 0 aliphatic heterocycles. The highest BCUT2D eigenvalue weighted by molar-refractivity contribution is 5.86. The van der Waals surface area contributed by atoms with Crippen LogP contribution in [0.2, 0.25) is 0 Å². The molecule has 1 N–H and O–H groups in total. The lowest BCUT2D eigenvalue weighted by molar-refractivity contribution is -0.154. The number of amides is 1. The molecule has 1 aliphatic rings. The Hall–Kier alpha value is -2.69. The Kier molecular flexibility index (Phi) is 6.45. The minimum Gasteiger partial charge on any atom is -0.455 e. The topological polar surface area (TPSA) is 55.4 Å². The van der Waals surface area contributed by atoms with Crippen molar-refractivity contribution in [3.8, 4) is 0 Å². The van der Waals surface area contributed by atoms with E-state index in [1.165, 1.54) is 6.07 Å². The van der Waals surface area contributed by atoms with E-state index in [2.05, 4.69) is 5.32 Å². The molecule has 1 amide bonds. The molecule has 0 saturated heterocycles. The van der Waals surface area contributed by atoms with Gasteiger partial charge in [-0.05, 0) is 30.4 Å². The molecular weight excluding hydrogens is 357 g/mol. The van der Waals surface area contributed by atoms with E-state index < -0.39 is 17.2 Å². The van der Waals surface area contributed by atoms with Crippen LogP contribution in [0.4, 0.5) is 4.39 Å². The summed E-state index contributed by atoms with van der Waals surface area (Å²) in [4.78, 5) is 25.0. The molecule has 1 atom stereocenters. The largest absolute Gasteiger partial charge is 0.455 e. The summed E-state index contributed by atoms with van der Waals surface area (Å²) in [5.74, 6) is -1.11. The van der Waals surface area contributed by atoms with Gasteiger partial charge in [0.1, 0.15) is 5.82 Å². The first-order chi connectivity index (χ1) is 13.5. The maximum absolute atomic E-state index is 14.3. The van der Waals surface area contributed by atoms with Crippen LogP contribution in [0, 0.1) is 5.82 Å². The Bertz CT molecular complexity index is 816. The zero-order valence-electron chi connectivity index (χ0n) is 16.1. The standard InChI is InChI=1S/C23H26FNO3/c1-17(18-9-3-2-4-10-18)15-25-21(26)16-28-22(27)23(13-7-8-14-23)19-11-5-6-12-20(19)24/h2-6,9-12,17H,7-8,13-16H2,1H3,(H,25,26). The number of esters is 1. The van der Waals surface area contributed by atoms with Crippen LogP contribution < -0.4 is 5.32 Å². The fourth-order valence-corrected chi connectivity index (χ4v) is 3.90. The molecule has 0 radical (unpaired) electrons. The van der Waals surface area contributed by atoms with E-state index in [-0.39, 0.29) is 18.4 Å². The number of rotatable bonds is 7. The summed E-state index contributed by atoms with van der Waals surface area (Å²) in [6.07, 6.45) is 2.76. The number of carbonyl (C=O) groups is 2. The third-order valence-electron chi connectivity index (χ3n) is 5.55. The van der Waals surface area contributed by atoms with Crippen molar-refractivity contribution in [3.63, 3.8) is 0 Å². The van der Waals surface area contributed by atoms with Gasteiger partial charge in [0.25, 0.3) is 5.91 Å². The minimum atomic E-state index is -0.983. The summed E-state index contributed by atoms with van der Waals surface area (Å²) in [5.41, 5.74) is 0.517. The minimum absolute atomic E-state index is 0.153. The summed E-state index contributed by atoms with van der Waals surface area (Å²) in [7, 11) is 0. The van der Waals surface area contributed by atoms with Crippen molar-refractivity contribution in [3.05, 3.63) is 71.5 Å². The fraction of sp³-hybridized carbons (Fsp3) is 0.391. The molecule has 1 saturated carbocycles. The van der Waals surface area contributed by atoms with Crippen LogP contribution >= 0.6 is 0 Å². The Morgan fingerprint density at radius 2 is 1.71 bits per heavy atom. The lowest BCUT2D eigenvalue weighted by Crippen LogP contribution is -2.39. The lowest BCUT2D eigenvalue weighted by atomic mass is 9.78. The Morgan fingerprint density at radius 3 is 2.39 bits per heavy atom. The van der Waals surface area contributed by atoms with E-state index in [4.69, 9.17) is 4.74 Å². The number of halogens is 1. The molecule has 0 aromatic heterocycles. The molecule has 4 nitrogen and oxygen atoms in total. The number of hydrogen-bond donors (Lipinski definition) is 1. The van der Waals surface area contributed by atoms with Crippen molar-refractivity contribution in [1.29, 1.82) is 0 Å². The Labute approximate surface area is 165 Å². The van der Waals surface area contributed by atoms with Crippen LogP contribution in [0.25, 0.3) is 0 Å². The van der Waals surface area contributed by atoms with Crippen LogP contribution in [-0.2, 0) is 19.7 Å². The van der Waals surface area contributed by atoms with Gasteiger partial charge in [-0.25, -0.2) is 4.39 Å². The molecule has 1 fully saturated rings. The van der Waals surface area contributed by atoms with E-state index in [1.807, 2.05) is 37.3 Å². The van der Waals surface area contributed by atoms with E-state index in [0.717, 1.165) is 18.4 Å². The average molecular weight is 383 g/mol. The second kappa shape index (κ2) is 9.00. The smallest absolute Gasteiger partial charge is 0.317 e. The van der Waals surface area contributed by atoms with Crippen molar-refractivity contribution < 1.29 is 18.7 Å². The summed E-state index contributed by atoms with van der Waals surface area (Å²) < 4.78 is 19.7. The second-order valence-corrected chi connectivity index (χ2v) is 7.46. The maximum Gasteiger partial charge on any atom is 0.317 e. The molecule has 148 valence electrons. The lowest BCUT2D eigenvalue weighted by Gasteiger charge is -2.27. The highest BCUT2D eigenvalue weighted by Crippen LogP contribution is 2.43. The van der Waals surface area contributed by atoms with E-state index in [9.17, 15) is 14.0 Å². The normalized spacial score (nSPS) is 16.4. The van der Waals surface area contributed by atoms with Crippen LogP contribution in [0.3, 0.4) is 0 Å². The van der Waals surface area contributed by atoms with Gasteiger partial charge in [-0.2, -0.15) is 0 Å². The van der Waals surface area contributed by atoms with E-state index in [1.54, 1.807) is 18.2 Å². The number of hydrogen-bond acceptors (Lipinski definition) is 3. The summed E-state index contributed by atoms with van der Waals surface area (Å²) in [6, 6.07) is 16.2. The number of nitrogens with one attached hydrogen (secondary N) is 1. The molecular formula is C23H26FNO3. The predicted octanol–water partition coefficient (Wildman–Crippen LogP) is 4.10. The van der Waals surface area contributed by atoms with Crippen LogP contribution in [0.5, 0.6) is 0 Å². The first kappa shape index (κ1) is 20.1. The zero-order valence-corrected chi connectivity index (χ0v) is 16.1. The third-order valence-corrected chi connectivity index (χ3v) is 5.55. The number of benzene rings is 2. The molecule has 2 aromatic rings. The highest BCUT2D eigenvalue weighted by Gasteiger charge is 2.45. The molecule has 28 heavy (non-hydrogen) atoms. The molecule has 0 bridgehead atoms. The van der Waals surface area contributed by atoms with Gasteiger partial charge in [-0.3, -0.25) is 9.59 Å². The monoisotopic (exact) mass is 383 g/mol. The second-order valence-electron chi connectivity index (χ2n) is 7.46. The van der Waals surface area contributed by atoms with Gasteiger partial charge in [0, 0.05) is 12.1 Å². The highest BCUT2D eigenvalue weighted by atomic mass is 19.1. The van der Waals surface area contributed by atoms with Crippen LogP contribution in [0.15, 0.2) is 54.6 Å². The quantitative estimate of drug-likeness (QED) is 0.733. The third kappa shape index (κ3) is 4.41. The molecule has 1 unspecified atom stereocenters. The SMILES string of the molecule is CC(CNC(=O)COC(=O)C1(c2ccccc2F)CCCC1)c1ccccc1. The van der Waals surface area contributed by atoms with Gasteiger partial charge in [0.05, 0.1) is 5.41 Å². The van der Waals surface area contributed by atoms with Gasteiger partial charge < -0.3 is 10.1 Å². The number of carbonyl (C=O) groups excluding carboxylic acids is 2. The van der Waals surface area contributed by atoms with Crippen LogP contribution in [-0.4, -0.2) is 25.0 Å². The van der Waals surface area contributed by atoms with Gasteiger partial charge >= 0.3 is 5.97 Å². The Balaban J connectivity index is 1.56.